The van der Waals surface area contributed by atoms with Crippen LogP contribution in [0.25, 0.3) is 0 Å². The molecule has 0 bridgehead atoms. The van der Waals surface area contributed by atoms with E-state index in [1.807, 2.05) is 48.5 Å². The number of carbonyl (C=O) groups excluding carboxylic acids is 1. The summed E-state index contributed by atoms with van der Waals surface area (Å²) in [4.78, 5) is 13.6. The third-order valence-electron chi connectivity index (χ3n) is 3.70. The van der Waals surface area contributed by atoms with Crippen molar-refractivity contribution in [3.63, 3.8) is 0 Å². The van der Waals surface area contributed by atoms with Gasteiger partial charge in [-0.25, -0.2) is 0 Å². The first kappa shape index (κ1) is 19.4. The summed E-state index contributed by atoms with van der Waals surface area (Å²) in [7, 11) is 1.65. The fourth-order valence-electron chi connectivity index (χ4n) is 2.47. The maximum absolute atomic E-state index is 12.7. The van der Waals surface area contributed by atoms with Gasteiger partial charge in [-0.1, -0.05) is 49.4 Å². The first-order valence-electron chi connectivity index (χ1n) is 8.57. The van der Waals surface area contributed by atoms with Gasteiger partial charge in [0.1, 0.15) is 10.8 Å². The number of amides is 1. The Hall–Kier alpha value is -2.38. The number of anilines is 1. The van der Waals surface area contributed by atoms with Gasteiger partial charge < -0.3 is 4.74 Å². The van der Waals surface area contributed by atoms with Crippen molar-refractivity contribution in [2.45, 2.75) is 30.4 Å². The summed E-state index contributed by atoms with van der Waals surface area (Å²) < 4.78 is 5.17. The number of ether oxygens (including phenoxy) is 1. The lowest BCUT2D eigenvalue weighted by Crippen LogP contribution is -2.13. The highest BCUT2D eigenvalue weighted by atomic mass is 32.2. The summed E-state index contributed by atoms with van der Waals surface area (Å²) in [5.74, 6) is 0.660. The smallest absolute Gasteiger partial charge is 0.258 e. The number of benzene rings is 2. The molecule has 1 amide bonds. The molecule has 0 spiro atoms. The summed E-state index contributed by atoms with van der Waals surface area (Å²) in [5, 5.41) is 12.9. The van der Waals surface area contributed by atoms with Gasteiger partial charge in [0.2, 0.25) is 5.13 Å². The molecule has 27 heavy (non-hydrogen) atoms. The molecule has 7 heteroatoms. The number of rotatable bonds is 7. The fourth-order valence-corrected chi connectivity index (χ4v) is 4.19. The molecule has 0 aliphatic heterocycles. The molecule has 1 N–H and O–H groups in total. The number of nitrogens with zero attached hydrogens (tertiary/aromatic N) is 2. The number of hydrogen-bond acceptors (Lipinski definition) is 6. The van der Waals surface area contributed by atoms with E-state index in [-0.39, 0.29) is 5.91 Å². The Balaban J connectivity index is 1.67. The van der Waals surface area contributed by atoms with Gasteiger partial charge in [0.15, 0.2) is 0 Å². The molecule has 0 aliphatic carbocycles. The minimum Gasteiger partial charge on any atom is -0.497 e. The number of hydrogen-bond donors (Lipinski definition) is 1. The first-order chi connectivity index (χ1) is 13.0. The molecule has 2 aromatic carbocycles. The Bertz CT molecular complexity index is 908. The molecule has 0 fully saturated rings. The van der Waals surface area contributed by atoms with Crippen LogP contribution < -0.4 is 10.1 Å². The van der Waals surface area contributed by atoms with Crippen molar-refractivity contribution < 1.29 is 9.53 Å². The SMILES string of the molecule is COc1ccc(Cc2nnc(NC(=O)c3ccccc3SC(C)C)s2)cc1. The average Bonchev–Trinajstić information content (AvgIpc) is 3.09. The molecule has 140 valence electrons. The molecule has 0 atom stereocenters. The van der Waals surface area contributed by atoms with Gasteiger partial charge in [0.05, 0.1) is 12.7 Å². The van der Waals surface area contributed by atoms with Crippen molar-refractivity contribution >= 4 is 34.1 Å². The van der Waals surface area contributed by atoms with E-state index in [0.29, 0.717) is 22.4 Å². The van der Waals surface area contributed by atoms with Crippen LogP contribution in [0.3, 0.4) is 0 Å². The van der Waals surface area contributed by atoms with Gasteiger partial charge >= 0.3 is 0 Å². The van der Waals surface area contributed by atoms with E-state index >= 15 is 0 Å². The fraction of sp³-hybridized carbons (Fsp3) is 0.250. The lowest BCUT2D eigenvalue weighted by atomic mass is 10.1. The number of aromatic nitrogens is 2. The normalized spacial score (nSPS) is 10.8. The standard InChI is InChI=1S/C20H21N3O2S2/c1-13(2)26-17-7-5-4-6-16(17)19(24)21-20-23-22-18(27-20)12-14-8-10-15(25-3)11-9-14/h4-11,13H,12H2,1-3H3,(H,21,23,24). The van der Waals surface area contributed by atoms with E-state index in [2.05, 4.69) is 29.4 Å². The molecule has 1 heterocycles. The van der Waals surface area contributed by atoms with Crippen LogP contribution in [0.4, 0.5) is 5.13 Å². The van der Waals surface area contributed by atoms with Crippen molar-refractivity contribution in [1.29, 1.82) is 0 Å². The first-order valence-corrected chi connectivity index (χ1v) is 10.3. The van der Waals surface area contributed by atoms with Crippen LogP contribution >= 0.6 is 23.1 Å². The van der Waals surface area contributed by atoms with Gasteiger partial charge in [0.25, 0.3) is 5.91 Å². The van der Waals surface area contributed by atoms with E-state index in [1.165, 1.54) is 11.3 Å². The largest absolute Gasteiger partial charge is 0.497 e. The average molecular weight is 400 g/mol. The third kappa shape index (κ3) is 5.30. The second kappa shape index (κ2) is 9.01. The Kier molecular flexibility index (Phi) is 6.47. The van der Waals surface area contributed by atoms with Crippen LogP contribution in [-0.2, 0) is 6.42 Å². The van der Waals surface area contributed by atoms with Crippen LogP contribution in [0.2, 0.25) is 0 Å². The maximum atomic E-state index is 12.7. The zero-order valence-electron chi connectivity index (χ0n) is 15.4. The lowest BCUT2D eigenvalue weighted by molar-refractivity contribution is 0.102. The van der Waals surface area contributed by atoms with Gasteiger partial charge in [-0.3, -0.25) is 10.1 Å². The Morgan fingerprint density at radius 3 is 2.59 bits per heavy atom. The van der Waals surface area contributed by atoms with Crippen molar-refractivity contribution in [1.82, 2.24) is 10.2 Å². The Morgan fingerprint density at radius 1 is 1.15 bits per heavy atom. The summed E-state index contributed by atoms with van der Waals surface area (Å²) in [6.07, 6.45) is 0.664. The van der Waals surface area contributed by atoms with Gasteiger partial charge in [-0.2, -0.15) is 0 Å². The van der Waals surface area contributed by atoms with E-state index < -0.39 is 0 Å². The van der Waals surface area contributed by atoms with E-state index in [4.69, 9.17) is 4.74 Å². The highest BCUT2D eigenvalue weighted by Crippen LogP contribution is 2.27. The van der Waals surface area contributed by atoms with Crippen molar-refractivity contribution in [3.05, 3.63) is 64.7 Å². The Morgan fingerprint density at radius 2 is 1.89 bits per heavy atom. The van der Waals surface area contributed by atoms with Crippen molar-refractivity contribution in [2.75, 3.05) is 12.4 Å². The van der Waals surface area contributed by atoms with Crippen molar-refractivity contribution in [3.8, 4) is 5.75 Å². The van der Waals surface area contributed by atoms with E-state index in [0.717, 1.165) is 21.2 Å². The molecular formula is C20H21N3O2S2. The summed E-state index contributed by atoms with van der Waals surface area (Å²) in [6, 6.07) is 15.4. The second-order valence-electron chi connectivity index (χ2n) is 6.14. The summed E-state index contributed by atoms with van der Waals surface area (Å²) >= 11 is 3.06. The monoisotopic (exact) mass is 399 g/mol. The highest BCUT2D eigenvalue weighted by molar-refractivity contribution is 8.00. The maximum Gasteiger partial charge on any atom is 0.258 e. The zero-order chi connectivity index (χ0) is 19.2. The quantitative estimate of drug-likeness (QED) is 0.573. The molecule has 5 nitrogen and oxygen atoms in total. The predicted octanol–water partition coefficient (Wildman–Crippen LogP) is 4.89. The molecular weight excluding hydrogens is 378 g/mol. The van der Waals surface area contributed by atoms with Crippen LogP contribution in [0.5, 0.6) is 5.75 Å². The van der Waals surface area contributed by atoms with Crippen LogP contribution in [0.15, 0.2) is 53.4 Å². The number of nitrogens with one attached hydrogen (secondary N) is 1. The van der Waals surface area contributed by atoms with Gasteiger partial charge in [-0.15, -0.1) is 22.0 Å². The van der Waals surface area contributed by atoms with Crippen LogP contribution in [0.1, 0.15) is 34.8 Å². The molecule has 3 rings (SSSR count). The highest BCUT2D eigenvalue weighted by Gasteiger charge is 2.15. The molecule has 1 aromatic heterocycles. The molecule has 0 aliphatic rings. The number of carbonyl (C=O) groups is 1. The van der Waals surface area contributed by atoms with Gasteiger partial charge in [0, 0.05) is 16.6 Å². The molecule has 0 saturated carbocycles. The molecule has 0 unspecified atom stereocenters. The van der Waals surface area contributed by atoms with Crippen LogP contribution in [0, 0.1) is 0 Å². The number of methoxy groups -OCH3 is 1. The van der Waals surface area contributed by atoms with Gasteiger partial charge in [-0.05, 0) is 29.8 Å². The molecule has 0 radical (unpaired) electrons. The minimum atomic E-state index is -0.161. The Labute approximate surface area is 167 Å². The van der Waals surface area contributed by atoms with E-state index in [9.17, 15) is 4.79 Å². The second-order valence-corrected chi connectivity index (χ2v) is 8.82. The summed E-state index contributed by atoms with van der Waals surface area (Å²) in [5.41, 5.74) is 1.77. The topological polar surface area (TPSA) is 64.1 Å². The molecule has 3 aromatic rings. The van der Waals surface area contributed by atoms with Crippen molar-refractivity contribution in [2.24, 2.45) is 0 Å². The lowest BCUT2D eigenvalue weighted by Gasteiger charge is -2.10. The summed E-state index contributed by atoms with van der Waals surface area (Å²) in [6.45, 7) is 4.21. The minimum absolute atomic E-state index is 0.161. The van der Waals surface area contributed by atoms with Crippen LogP contribution in [-0.4, -0.2) is 28.5 Å². The predicted molar refractivity (Wildman–Crippen MR) is 111 cm³/mol. The van der Waals surface area contributed by atoms with E-state index in [1.54, 1.807) is 18.9 Å². The third-order valence-corrected chi connectivity index (χ3v) is 5.62. The zero-order valence-corrected chi connectivity index (χ0v) is 17.1. The molecule has 0 saturated heterocycles. The number of thioether (sulfide) groups is 1.